The second-order valence-corrected chi connectivity index (χ2v) is 7.96. The Labute approximate surface area is 173 Å². The number of nitrogens with zero attached hydrogens (tertiary/aromatic N) is 1. The van der Waals surface area contributed by atoms with Gasteiger partial charge in [0.25, 0.3) is 5.91 Å². The van der Waals surface area contributed by atoms with Crippen molar-refractivity contribution in [2.45, 2.75) is 0 Å². The molecule has 5 nitrogen and oxygen atoms in total. The molecule has 0 saturated heterocycles. The van der Waals surface area contributed by atoms with Gasteiger partial charge >= 0.3 is 0 Å². The maximum Gasteiger partial charge on any atom is 0.259 e. The first-order valence-corrected chi connectivity index (χ1v) is 10.00. The number of halogens is 1. The lowest BCUT2D eigenvalue weighted by molar-refractivity contribution is 0.102. The van der Waals surface area contributed by atoms with E-state index in [1.807, 2.05) is 24.3 Å². The van der Waals surface area contributed by atoms with E-state index in [1.165, 1.54) is 24.5 Å². The molecule has 0 spiro atoms. The number of phenolic OH excluding ortho intramolecular Hbond substituents is 1. The van der Waals surface area contributed by atoms with Gasteiger partial charge in [0.2, 0.25) is 0 Å². The summed E-state index contributed by atoms with van der Waals surface area (Å²) in [6.07, 6.45) is 0. The Hall–Kier alpha value is -2.90. The number of ether oxygens (including phenoxy) is 1. The molecule has 2 N–H and O–H groups in total. The van der Waals surface area contributed by atoms with Crippen LogP contribution in [0.1, 0.15) is 10.4 Å². The molecule has 1 heterocycles. The van der Waals surface area contributed by atoms with Gasteiger partial charge in [-0.15, -0.1) is 11.3 Å². The Morgan fingerprint density at radius 2 is 1.96 bits per heavy atom. The summed E-state index contributed by atoms with van der Waals surface area (Å²) in [6, 6.07) is 18.0. The number of hydrogen-bond acceptors (Lipinski definition) is 5. The van der Waals surface area contributed by atoms with Crippen LogP contribution in [0.25, 0.3) is 20.8 Å². The largest absolute Gasteiger partial charge is 0.507 e. The van der Waals surface area contributed by atoms with E-state index in [0.717, 1.165) is 19.7 Å². The number of nitrogens with one attached hydrogen (secondary N) is 1. The fraction of sp³-hybridized carbons (Fsp3) is 0.0476. The number of aromatic hydroxyl groups is 1. The lowest BCUT2D eigenvalue weighted by atomic mass is 10.1. The van der Waals surface area contributed by atoms with E-state index in [1.54, 1.807) is 30.3 Å². The molecule has 1 amide bonds. The topological polar surface area (TPSA) is 71.5 Å². The van der Waals surface area contributed by atoms with Gasteiger partial charge in [-0.1, -0.05) is 28.1 Å². The maximum atomic E-state index is 12.6. The second kappa shape index (κ2) is 7.61. The normalized spacial score (nSPS) is 10.8. The third-order valence-corrected chi connectivity index (χ3v) is 5.75. The molecule has 0 saturated carbocycles. The van der Waals surface area contributed by atoms with Crippen LogP contribution in [0.5, 0.6) is 11.5 Å². The summed E-state index contributed by atoms with van der Waals surface area (Å²) >= 11 is 4.87. The Kier molecular flexibility index (Phi) is 5.02. The van der Waals surface area contributed by atoms with Crippen LogP contribution < -0.4 is 10.1 Å². The highest BCUT2D eigenvalue weighted by atomic mass is 79.9. The third-order valence-electron chi connectivity index (χ3n) is 4.19. The van der Waals surface area contributed by atoms with Gasteiger partial charge in [-0.05, 0) is 42.5 Å². The van der Waals surface area contributed by atoms with Crippen molar-refractivity contribution in [1.29, 1.82) is 0 Å². The molecular formula is C21H15BrN2O3S. The van der Waals surface area contributed by atoms with Crippen molar-refractivity contribution in [3.05, 3.63) is 70.7 Å². The molecule has 0 bridgehead atoms. The zero-order valence-electron chi connectivity index (χ0n) is 14.8. The number of thiazole rings is 1. The molecule has 28 heavy (non-hydrogen) atoms. The number of methoxy groups -OCH3 is 1. The standard InChI is InChI=1S/C21H15BrN2O3S/c1-27-18-9-6-12(22)10-15(18)20(26)23-13-7-8-14(17(25)11-13)21-24-16-4-2-3-5-19(16)28-21/h2-11,25H,1H3,(H,23,26). The van der Waals surface area contributed by atoms with E-state index in [-0.39, 0.29) is 11.7 Å². The van der Waals surface area contributed by atoms with Gasteiger partial charge in [-0.25, -0.2) is 4.98 Å². The van der Waals surface area contributed by atoms with Gasteiger partial charge < -0.3 is 15.2 Å². The Bertz CT molecular complexity index is 1160. The number of phenols is 1. The molecule has 0 radical (unpaired) electrons. The Morgan fingerprint density at radius 1 is 1.14 bits per heavy atom. The number of benzene rings is 3. The number of rotatable bonds is 4. The first-order valence-electron chi connectivity index (χ1n) is 8.39. The fourth-order valence-electron chi connectivity index (χ4n) is 2.83. The van der Waals surface area contributed by atoms with Crippen LogP contribution in [-0.4, -0.2) is 23.1 Å². The van der Waals surface area contributed by atoms with Gasteiger partial charge in [0.1, 0.15) is 16.5 Å². The van der Waals surface area contributed by atoms with Crippen molar-refractivity contribution in [1.82, 2.24) is 4.98 Å². The number of fused-ring (bicyclic) bond motifs is 1. The molecule has 3 aromatic carbocycles. The molecule has 0 fully saturated rings. The van der Waals surface area contributed by atoms with Gasteiger partial charge in [0.15, 0.2) is 0 Å². The van der Waals surface area contributed by atoms with Crippen LogP contribution in [0.4, 0.5) is 5.69 Å². The molecule has 0 aliphatic carbocycles. The van der Waals surface area contributed by atoms with Gasteiger partial charge in [0, 0.05) is 16.2 Å². The van der Waals surface area contributed by atoms with Crippen LogP contribution >= 0.6 is 27.3 Å². The van der Waals surface area contributed by atoms with Gasteiger partial charge in [-0.3, -0.25) is 4.79 Å². The number of hydrogen-bond donors (Lipinski definition) is 2. The number of para-hydroxylation sites is 1. The summed E-state index contributed by atoms with van der Waals surface area (Å²) in [5, 5.41) is 14.0. The highest BCUT2D eigenvalue weighted by molar-refractivity contribution is 9.10. The molecule has 0 aliphatic heterocycles. The van der Waals surface area contributed by atoms with Gasteiger partial charge in [0.05, 0.1) is 28.5 Å². The number of carbonyl (C=O) groups is 1. The van der Waals surface area contributed by atoms with E-state index < -0.39 is 0 Å². The van der Waals surface area contributed by atoms with Gasteiger partial charge in [-0.2, -0.15) is 0 Å². The average Bonchev–Trinajstić information content (AvgIpc) is 3.11. The Balaban J connectivity index is 1.61. The van der Waals surface area contributed by atoms with E-state index in [9.17, 15) is 9.90 Å². The quantitative estimate of drug-likeness (QED) is 0.415. The highest BCUT2D eigenvalue weighted by Crippen LogP contribution is 2.36. The average molecular weight is 455 g/mol. The number of carbonyl (C=O) groups excluding carboxylic acids is 1. The van der Waals surface area contributed by atoms with Crippen LogP contribution in [0.15, 0.2) is 65.1 Å². The van der Waals surface area contributed by atoms with Crippen molar-refractivity contribution < 1.29 is 14.6 Å². The lowest BCUT2D eigenvalue weighted by Crippen LogP contribution is -2.13. The summed E-state index contributed by atoms with van der Waals surface area (Å²) < 4.78 is 7.07. The zero-order chi connectivity index (χ0) is 19.7. The van der Waals surface area contributed by atoms with Crippen LogP contribution in [-0.2, 0) is 0 Å². The van der Waals surface area contributed by atoms with Crippen molar-refractivity contribution in [2.75, 3.05) is 12.4 Å². The monoisotopic (exact) mass is 454 g/mol. The molecule has 140 valence electrons. The SMILES string of the molecule is COc1ccc(Br)cc1C(=O)Nc1ccc(-c2nc3ccccc3s2)c(O)c1. The maximum absolute atomic E-state index is 12.6. The molecule has 1 aromatic heterocycles. The second-order valence-electron chi connectivity index (χ2n) is 6.02. The zero-order valence-corrected chi connectivity index (χ0v) is 17.2. The molecule has 4 rings (SSSR count). The van der Waals surface area contributed by atoms with E-state index in [0.29, 0.717) is 22.6 Å². The summed E-state index contributed by atoms with van der Waals surface area (Å²) in [6.45, 7) is 0. The van der Waals surface area contributed by atoms with E-state index in [4.69, 9.17) is 4.74 Å². The fourth-order valence-corrected chi connectivity index (χ4v) is 4.19. The Morgan fingerprint density at radius 3 is 2.71 bits per heavy atom. The summed E-state index contributed by atoms with van der Waals surface area (Å²) in [5.41, 5.74) is 2.39. The number of aromatic nitrogens is 1. The molecule has 0 aliphatic rings. The summed E-state index contributed by atoms with van der Waals surface area (Å²) in [5.74, 6) is 0.194. The van der Waals surface area contributed by atoms with Crippen LogP contribution in [0, 0.1) is 0 Å². The van der Waals surface area contributed by atoms with Crippen molar-refractivity contribution in [2.24, 2.45) is 0 Å². The summed E-state index contributed by atoms with van der Waals surface area (Å²) in [4.78, 5) is 17.2. The van der Waals surface area contributed by atoms with Crippen molar-refractivity contribution in [3.8, 4) is 22.1 Å². The van der Waals surface area contributed by atoms with E-state index in [2.05, 4.69) is 26.2 Å². The van der Waals surface area contributed by atoms with E-state index >= 15 is 0 Å². The number of amides is 1. The van der Waals surface area contributed by atoms with Crippen molar-refractivity contribution >= 4 is 49.1 Å². The van der Waals surface area contributed by atoms with Crippen molar-refractivity contribution in [3.63, 3.8) is 0 Å². The van der Waals surface area contributed by atoms with Crippen LogP contribution in [0.3, 0.4) is 0 Å². The lowest BCUT2D eigenvalue weighted by Gasteiger charge is -2.11. The number of anilines is 1. The summed E-state index contributed by atoms with van der Waals surface area (Å²) in [7, 11) is 1.51. The minimum absolute atomic E-state index is 0.0538. The highest BCUT2D eigenvalue weighted by Gasteiger charge is 2.15. The molecular weight excluding hydrogens is 440 g/mol. The molecule has 0 atom stereocenters. The first kappa shape index (κ1) is 18.5. The van der Waals surface area contributed by atoms with Crippen LogP contribution in [0.2, 0.25) is 0 Å². The molecule has 0 unspecified atom stereocenters. The minimum Gasteiger partial charge on any atom is -0.507 e. The molecule has 7 heteroatoms. The predicted molar refractivity (Wildman–Crippen MR) is 115 cm³/mol. The minimum atomic E-state index is -0.328. The third kappa shape index (κ3) is 3.58. The first-order chi connectivity index (χ1) is 13.5. The molecule has 4 aromatic rings. The smallest absolute Gasteiger partial charge is 0.259 e. The predicted octanol–water partition coefficient (Wildman–Crippen LogP) is 5.69.